The van der Waals surface area contributed by atoms with E-state index in [4.69, 9.17) is 10.5 Å². The molecule has 1 aromatic carbocycles. The largest absolute Gasteiger partial charge is 0.508 e. The molecule has 6 heteroatoms. The molecule has 3 N–H and O–H groups in total. The molecule has 3 nitrogen and oxygen atoms in total. The number of hydrogen-bond acceptors (Lipinski definition) is 3. The summed E-state index contributed by atoms with van der Waals surface area (Å²) < 4.78 is 41.6. The number of ether oxygens (including phenoxy) is 1. The van der Waals surface area contributed by atoms with Crippen LogP contribution in [-0.2, 0) is 0 Å². The van der Waals surface area contributed by atoms with Crippen LogP contribution in [0.1, 0.15) is 11.6 Å². The van der Waals surface area contributed by atoms with E-state index in [2.05, 4.69) is 0 Å². The average molecular weight is 221 g/mol. The van der Waals surface area contributed by atoms with E-state index in [0.29, 0.717) is 0 Å². The second kappa shape index (κ2) is 3.98. The molecule has 0 saturated heterocycles. The molecule has 0 heterocycles. The maximum atomic E-state index is 12.3. The van der Waals surface area contributed by atoms with Crippen LogP contribution in [0.4, 0.5) is 13.2 Å². The first-order chi connectivity index (χ1) is 6.86. The van der Waals surface area contributed by atoms with Crippen molar-refractivity contribution in [2.24, 2.45) is 5.73 Å². The van der Waals surface area contributed by atoms with E-state index in [1.54, 1.807) is 0 Å². The zero-order valence-corrected chi connectivity index (χ0v) is 7.88. The highest BCUT2D eigenvalue weighted by Crippen LogP contribution is 2.36. The van der Waals surface area contributed by atoms with E-state index in [1.165, 1.54) is 13.2 Å². The molecule has 1 aromatic rings. The third-order valence-electron chi connectivity index (χ3n) is 1.92. The maximum absolute atomic E-state index is 12.3. The zero-order valence-electron chi connectivity index (χ0n) is 7.88. The Kier molecular flexibility index (Phi) is 3.09. The molecule has 0 aliphatic carbocycles. The molecule has 1 unspecified atom stereocenters. The smallest absolute Gasteiger partial charge is 0.407 e. The van der Waals surface area contributed by atoms with Crippen molar-refractivity contribution in [1.29, 1.82) is 0 Å². The number of phenolic OH excluding ortho intramolecular Hbond substituents is 1. The minimum absolute atomic E-state index is 0.211. The van der Waals surface area contributed by atoms with Gasteiger partial charge in [0.15, 0.2) is 0 Å². The van der Waals surface area contributed by atoms with Gasteiger partial charge in [-0.1, -0.05) is 0 Å². The van der Waals surface area contributed by atoms with Crippen LogP contribution in [0.25, 0.3) is 0 Å². The van der Waals surface area contributed by atoms with Crippen molar-refractivity contribution in [3.63, 3.8) is 0 Å². The van der Waals surface area contributed by atoms with Gasteiger partial charge in [-0.3, -0.25) is 0 Å². The van der Waals surface area contributed by atoms with Gasteiger partial charge in [0.05, 0.1) is 7.11 Å². The number of alkyl halides is 3. The van der Waals surface area contributed by atoms with Crippen LogP contribution >= 0.6 is 0 Å². The van der Waals surface area contributed by atoms with Crippen molar-refractivity contribution in [2.75, 3.05) is 7.11 Å². The maximum Gasteiger partial charge on any atom is 0.407 e. The van der Waals surface area contributed by atoms with Gasteiger partial charge < -0.3 is 15.6 Å². The Hall–Kier alpha value is -1.43. The molecular formula is C9H10F3NO2. The third-order valence-corrected chi connectivity index (χ3v) is 1.92. The molecule has 0 aliphatic heterocycles. The summed E-state index contributed by atoms with van der Waals surface area (Å²) in [6.07, 6.45) is -4.59. The van der Waals surface area contributed by atoms with Gasteiger partial charge in [-0.2, -0.15) is 13.2 Å². The van der Waals surface area contributed by atoms with E-state index < -0.39 is 23.5 Å². The monoisotopic (exact) mass is 221 g/mol. The van der Waals surface area contributed by atoms with Crippen molar-refractivity contribution < 1.29 is 23.0 Å². The average Bonchev–Trinajstić information content (AvgIpc) is 2.16. The quantitative estimate of drug-likeness (QED) is 0.802. The van der Waals surface area contributed by atoms with Crippen molar-refractivity contribution in [2.45, 2.75) is 12.2 Å². The summed E-state index contributed by atoms with van der Waals surface area (Å²) in [7, 11) is 1.31. The minimum Gasteiger partial charge on any atom is -0.508 e. The van der Waals surface area contributed by atoms with Crippen LogP contribution < -0.4 is 10.5 Å². The van der Waals surface area contributed by atoms with E-state index in [0.717, 1.165) is 12.1 Å². The summed E-state index contributed by atoms with van der Waals surface area (Å²) >= 11 is 0. The third kappa shape index (κ3) is 2.53. The SMILES string of the molecule is COc1ccc(O)c(C(N)C(F)(F)F)c1. The lowest BCUT2D eigenvalue weighted by Crippen LogP contribution is -2.28. The number of aromatic hydroxyl groups is 1. The fourth-order valence-corrected chi connectivity index (χ4v) is 1.09. The van der Waals surface area contributed by atoms with Gasteiger partial charge in [0, 0.05) is 5.56 Å². The normalized spacial score (nSPS) is 13.7. The highest BCUT2D eigenvalue weighted by molar-refractivity contribution is 5.41. The molecule has 0 aromatic heterocycles. The lowest BCUT2D eigenvalue weighted by molar-refractivity contribution is -0.149. The molecule has 0 bridgehead atoms. The Morgan fingerprint density at radius 1 is 1.40 bits per heavy atom. The van der Waals surface area contributed by atoms with Crippen molar-refractivity contribution in [3.05, 3.63) is 23.8 Å². The van der Waals surface area contributed by atoms with Crippen LogP contribution in [0, 0.1) is 0 Å². The zero-order chi connectivity index (χ0) is 11.6. The van der Waals surface area contributed by atoms with E-state index in [-0.39, 0.29) is 5.75 Å². The van der Waals surface area contributed by atoms with Crippen molar-refractivity contribution >= 4 is 0 Å². The standard InChI is InChI=1S/C9H10F3NO2/c1-15-5-2-3-7(14)6(4-5)8(13)9(10,11)12/h2-4,8,14H,13H2,1H3. The van der Waals surface area contributed by atoms with Crippen LogP contribution in [0.2, 0.25) is 0 Å². The fourth-order valence-electron chi connectivity index (χ4n) is 1.09. The first kappa shape index (κ1) is 11.6. The number of phenols is 1. The molecule has 0 spiro atoms. The summed E-state index contributed by atoms with van der Waals surface area (Å²) in [6.45, 7) is 0. The number of rotatable bonds is 2. The summed E-state index contributed by atoms with van der Waals surface area (Å²) in [5.74, 6) is -0.289. The van der Waals surface area contributed by atoms with E-state index in [9.17, 15) is 18.3 Å². The van der Waals surface area contributed by atoms with Crippen molar-refractivity contribution in [1.82, 2.24) is 0 Å². The molecule has 0 radical (unpaired) electrons. The van der Waals surface area contributed by atoms with Gasteiger partial charge in [-0.15, -0.1) is 0 Å². The molecule has 1 atom stereocenters. The topological polar surface area (TPSA) is 55.5 Å². The molecule has 0 amide bonds. The second-order valence-corrected chi connectivity index (χ2v) is 2.94. The number of methoxy groups -OCH3 is 1. The Balaban J connectivity index is 3.12. The van der Waals surface area contributed by atoms with Gasteiger partial charge in [-0.25, -0.2) is 0 Å². The highest BCUT2D eigenvalue weighted by Gasteiger charge is 2.39. The molecule has 84 valence electrons. The number of benzene rings is 1. The summed E-state index contributed by atoms with van der Waals surface area (Å²) in [5, 5.41) is 9.23. The first-order valence-corrected chi connectivity index (χ1v) is 4.05. The number of hydrogen-bond donors (Lipinski definition) is 2. The molecular weight excluding hydrogens is 211 g/mol. The van der Waals surface area contributed by atoms with Gasteiger partial charge in [0.2, 0.25) is 0 Å². The Morgan fingerprint density at radius 2 is 2.00 bits per heavy atom. The number of halogens is 3. The summed E-state index contributed by atoms with van der Waals surface area (Å²) in [4.78, 5) is 0. The molecule has 0 fully saturated rings. The van der Waals surface area contributed by atoms with Crippen LogP contribution in [0.3, 0.4) is 0 Å². The lowest BCUT2D eigenvalue weighted by Gasteiger charge is -2.17. The molecule has 15 heavy (non-hydrogen) atoms. The molecule has 1 rings (SSSR count). The van der Waals surface area contributed by atoms with Gasteiger partial charge in [0.25, 0.3) is 0 Å². The Morgan fingerprint density at radius 3 is 2.47 bits per heavy atom. The van der Waals surface area contributed by atoms with E-state index in [1.807, 2.05) is 0 Å². The van der Waals surface area contributed by atoms with Crippen LogP contribution in [-0.4, -0.2) is 18.4 Å². The minimum atomic E-state index is -4.59. The van der Waals surface area contributed by atoms with Crippen LogP contribution in [0.5, 0.6) is 11.5 Å². The van der Waals surface area contributed by atoms with Gasteiger partial charge in [-0.05, 0) is 18.2 Å². The van der Waals surface area contributed by atoms with E-state index >= 15 is 0 Å². The van der Waals surface area contributed by atoms with Crippen LogP contribution in [0.15, 0.2) is 18.2 Å². The number of nitrogens with two attached hydrogens (primary N) is 1. The van der Waals surface area contributed by atoms with Gasteiger partial charge >= 0.3 is 6.18 Å². The van der Waals surface area contributed by atoms with Crippen molar-refractivity contribution in [3.8, 4) is 11.5 Å². The summed E-state index contributed by atoms with van der Waals surface area (Å²) in [5.41, 5.74) is 4.55. The first-order valence-electron chi connectivity index (χ1n) is 4.05. The van der Waals surface area contributed by atoms with Gasteiger partial charge in [0.1, 0.15) is 17.5 Å². The Labute approximate surface area is 84.3 Å². The fraction of sp³-hybridized carbons (Fsp3) is 0.333. The predicted octanol–water partition coefficient (Wildman–Crippen LogP) is 1.96. The Bertz CT molecular complexity index is 352. The molecule has 0 saturated carbocycles. The lowest BCUT2D eigenvalue weighted by atomic mass is 10.1. The summed E-state index contributed by atoms with van der Waals surface area (Å²) in [6, 6.07) is 1.31. The molecule has 0 aliphatic rings. The second-order valence-electron chi connectivity index (χ2n) is 2.94. The highest BCUT2D eigenvalue weighted by atomic mass is 19.4. The predicted molar refractivity (Wildman–Crippen MR) is 47.6 cm³/mol.